The monoisotopic (exact) mass is 263 g/mol. The first-order valence-electron chi connectivity index (χ1n) is 7.19. The van der Waals surface area contributed by atoms with Crippen molar-refractivity contribution in [1.82, 2.24) is 5.32 Å². The molecule has 0 fully saturated rings. The van der Waals surface area contributed by atoms with E-state index in [1.165, 1.54) is 11.1 Å². The van der Waals surface area contributed by atoms with E-state index in [-0.39, 0.29) is 12.2 Å². The summed E-state index contributed by atoms with van der Waals surface area (Å²) in [5, 5.41) is 3.38. The Hall–Kier alpha value is -0.900. The Labute approximate surface area is 116 Å². The van der Waals surface area contributed by atoms with Crippen LogP contribution < -0.4 is 5.32 Å². The quantitative estimate of drug-likeness (QED) is 0.856. The van der Waals surface area contributed by atoms with Crippen LogP contribution in [0.2, 0.25) is 0 Å². The van der Waals surface area contributed by atoms with Gasteiger partial charge in [-0.1, -0.05) is 31.2 Å². The second-order valence-electron chi connectivity index (χ2n) is 5.12. The lowest BCUT2D eigenvalue weighted by Gasteiger charge is -2.32. The Morgan fingerprint density at radius 1 is 1.42 bits per heavy atom. The zero-order valence-electron chi connectivity index (χ0n) is 12.2. The van der Waals surface area contributed by atoms with Gasteiger partial charge in [-0.15, -0.1) is 0 Å². The van der Waals surface area contributed by atoms with Crippen LogP contribution in [0.4, 0.5) is 0 Å². The zero-order valence-corrected chi connectivity index (χ0v) is 12.2. The van der Waals surface area contributed by atoms with E-state index >= 15 is 0 Å². The maximum atomic E-state index is 5.98. The fourth-order valence-corrected chi connectivity index (χ4v) is 2.97. The van der Waals surface area contributed by atoms with E-state index in [9.17, 15) is 0 Å². The molecule has 0 saturated heterocycles. The van der Waals surface area contributed by atoms with Crippen molar-refractivity contribution in [2.45, 2.75) is 44.4 Å². The van der Waals surface area contributed by atoms with E-state index in [4.69, 9.17) is 9.47 Å². The molecule has 3 atom stereocenters. The van der Waals surface area contributed by atoms with E-state index < -0.39 is 0 Å². The highest BCUT2D eigenvalue weighted by Gasteiger charge is 2.27. The van der Waals surface area contributed by atoms with Gasteiger partial charge in [0, 0.05) is 13.2 Å². The van der Waals surface area contributed by atoms with Crippen LogP contribution in [-0.2, 0) is 15.9 Å². The molecule has 0 radical (unpaired) electrons. The molecule has 1 heterocycles. The Balaban J connectivity index is 2.10. The number of methoxy groups -OCH3 is 1. The molecule has 0 spiro atoms. The predicted octanol–water partition coefficient (Wildman–Crippen LogP) is 2.70. The van der Waals surface area contributed by atoms with Crippen molar-refractivity contribution in [3.05, 3.63) is 35.4 Å². The Morgan fingerprint density at radius 3 is 2.89 bits per heavy atom. The molecular formula is C16H25NO2. The van der Waals surface area contributed by atoms with Crippen molar-refractivity contribution in [1.29, 1.82) is 0 Å². The average molecular weight is 263 g/mol. The SMILES string of the molecule is CCC(OC)C(CC1OCCc2ccccc21)NC. The van der Waals surface area contributed by atoms with Crippen LogP contribution in [-0.4, -0.2) is 32.9 Å². The van der Waals surface area contributed by atoms with Crippen LogP contribution in [0.15, 0.2) is 24.3 Å². The Bertz CT molecular complexity index is 390. The second-order valence-corrected chi connectivity index (χ2v) is 5.12. The van der Waals surface area contributed by atoms with Crippen LogP contribution in [0.5, 0.6) is 0 Å². The third-order valence-corrected chi connectivity index (χ3v) is 4.09. The molecule has 1 aromatic carbocycles. The smallest absolute Gasteiger partial charge is 0.0843 e. The summed E-state index contributed by atoms with van der Waals surface area (Å²) in [7, 11) is 3.79. The van der Waals surface area contributed by atoms with E-state index in [1.54, 1.807) is 7.11 Å². The van der Waals surface area contributed by atoms with Gasteiger partial charge in [0.05, 0.1) is 18.8 Å². The summed E-state index contributed by atoms with van der Waals surface area (Å²) in [5.74, 6) is 0. The van der Waals surface area contributed by atoms with Gasteiger partial charge in [0.25, 0.3) is 0 Å². The summed E-state index contributed by atoms with van der Waals surface area (Å²) < 4.78 is 11.5. The van der Waals surface area contributed by atoms with Crippen LogP contribution in [0, 0.1) is 0 Å². The van der Waals surface area contributed by atoms with E-state index in [0.717, 1.165) is 25.9 Å². The predicted molar refractivity (Wildman–Crippen MR) is 77.4 cm³/mol. The fourth-order valence-electron chi connectivity index (χ4n) is 2.97. The topological polar surface area (TPSA) is 30.5 Å². The van der Waals surface area contributed by atoms with Crippen molar-refractivity contribution < 1.29 is 9.47 Å². The number of ether oxygens (including phenoxy) is 2. The summed E-state index contributed by atoms with van der Waals surface area (Å²) in [6.07, 6.45) is 3.42. The largest absolute Gasteiger partial charge is 0.380 e. The summed E-state index contributed by atoms with van der Waals surface area (Å²) >= 11 is 0. The molecular weight excluding hydrogens is 238 g/mol. The molecule has 0 saturated carbocycles. The maximum absolute atomic E-state index is 5.98. The van der Waals surface area contributed by atoms with Crippen molar-refractivity contribution in [2.75, 3.05) is 20.8 Å². The van der Waals surface area contributed by atoms with E-state index in [2.05, 4.69) is 36.5 Å². The highest BCUT2D eigenvalue weighted by atomic mass is 16.5. The van der Waals surface area contributed by atoms with Gasteiger partial charge in [-0.3, -0.25) is 0 Å². The standard InChI is InChI=1S/C16H25NO2/c1-4-15(18-3)14(17-2)11-16-13-8-6-5-7-12(13)9-10-19-16/h5-8,14-17H,4,9-11H2,1-3H3. The number of likely N-dealkylation sites (N-methyl/N-ethyl adjacent to an activating group) is 1. The van der Waals surface area contributed by atoms with Crippen molar-refractivity contribution in [3.63, 3.8) is 0 Å². The molecule has 106 valence electrons. The van der Waals surface area contributed by atoms with E-state index in [0.29, 0.717) is 6.04 Å². The molecule has 0 amide bonds. The van der Waals surface area contributed by atoms with Gasteiger partial charge in [0.2, 0.25) is 0 Å². The van der Waals surface area contributed by atoms with Gasteiger partial charge in [-0.25, -0.2) is 0 Å². The number of hydrogen-bond donors (Lipinski definition) is 1. The van der Waals surface area contributed by atoms with Gasteiger partial charge in [0.15, 0.2) is 0 Å². The summed E-state index contributed by atoms with van der Waals surface area (Å²) in [6, 6.07) is 8.95. The normalized spacial score (nSPS) is 21.7. The Kier molecular flexibility index (Phi) is 5.37. The van der Waals surface area contributed by atoms with Crippen LogP contribution in [0.1, 0.15) is 37.0 Å². The molecule has 0 aliphatic carbocycles. The highest BCUT2D eigenvalue weighted by molar-refractivity contribution is 5.31. The minimum Gasteiger partial charge on any atom is -0.380 e. The molecule has 1 N–H and O–H groups in total. The third kappa shape index (κ3) is 3.35. The molecule has 3 heteroatoms. The molecule has 1 aliphatic rings. The van der Waals surface area contributed by atoms with Crippen molar-refractivity contribution in [3.8, 4) is 0 Å². The van der Waals surface area contributed by atoms with Crippen LogP contribution in [0.3, 0.4) is 0 Å². The van der Waals surface area contributed by atoms with Gasteiger partial charge >= 0.3 is 0 Å². The molecule has 19 heavy (non-hydrogen) atoms. The lowest BCUT2D eigenvalue weighted by molar-refractivity contribution is 0.00227. The maximum Gasteiger partial charge on any atom is 0.0843 e. The first-order valence-corrected chi connectivity index (χ1v) is 7.19. The van der Waals surface area contributed by atoms with Crippen LogP contribution >= 0.6 is 0 Å². The molecule has 2 rings (SSSR count). The molecule has 3 nitrogen and oxygen atoms in total. The van der Waals surface area contributed by atoms with Gasteiger partial charge in [-0.2, -0.15) is 0 Å². The molecule has 0 aromatic heterocycles. The second kappa shape index (κ2) is 7.04. The molecule has 0 bridgehead atoms. The van der Waals surface area contributed by atoms with Crippen molar-refractivity contribution in [2.24, 2.45) is 0 Å². The zero-order chi connectivity index (χ0) is 13.7. The molecule has 1 aliphatic heterocycles. The summed E-state index contributed by atoms with van der Waals surface area (Å²) in [5.41, 5.74) is 2.78. The number of benzene rings is 1. The first kappa shape index (κ1) is 14.5. The Morgan fingerprint density at radius 2 is 2.21 bits per heavy atom. The van der Waals surface area contributed by atoms with Gasteiger partial charge in [0.1, 0.15) is 0 Å². The van der Waals surface area contributed by atoms with Crippen LogP contribution in [0.25, 0.3) is 0 Å². The highest BCUT2D eigenvalue weighted by Crippen LogP contribution is 2.31. The summed E-state index contributed by atoms with van der Waals surface area (Å²) in [4.78, 5) is 0. The van der Waals surface area contributed by atoms with Gasteiger partial charge < -0.3 is 14.8 Å². The lowest BCUT2D eigenvalue weighted by atomic mass is 9.91. The van der Waals surface area contributed by atoms with E-state index in [1.807, 2.05) is 7.05 Å². The number of hydrogen-bond acceptors (Lipinski definition) is 3. The van der Waals surface area contributed by atoms with Crippen molar-refractivity contribution >= 4 is 0 Å². The number of nitrogens with one attached hydrogen (secondary N) is 1. The first-order chi connectivity index (χ1) is 9.30. The summed E-state index contributed by atoms with van der Waals surface area (Å²) in [6.45, 7) is 2.98. The minimum absolute atomic E-state index is 0.187. The third-order valence-electron chi connectivity index (χ3n) is 4.09. The number of rotatable bonds is 6. The minimum atomic E-state index is 0.187. The fraction of sp³-hybridized carbons (Fsp3) is 0.625. The lowest BCUT2D eigenvalue weighted by Crippen LogP contribution is -2.40. The molecule has 1 aromatic rings. The molecule has 3 unspecified atom stereocenters. The van der Waals surface area contributed by atoms with Gasteiger partial charge in [-0.05, 0) is 37.4 Å². The number of fused-ring (bicyclic) bond motifs is 1. The average Bonchev–Trinajstić information content (AvgIpc) is 2.47.